The summed E-state index contributed by atoms with van der Waals surface area (Å²) in [6, 6.07) is 3.94. The van der Waals surface area contributed by atoms with Crippen molar-refractivity contribution in [1.29, 1.82) is 0 Å². The second kappa shape index (κ2) is 7.76. The molecule has 0 aromatic carbocycles. The fraction of sp³-hybridized carbons (Fsp3) is 0.500. The molecule has 3 aromatic heterocycles. The Hall–Kier alpha value is -1.86. The summed E-state index contributed by atoms with van der Waals surface area (Å²) in [6.07, 6.45) is 10.7. The van der Waals surface area contributed by atoms with Crippen LogP contribution in [0.15, 0.2) is 28.3 Å². The maximum absolute atomic E-state index is 13.6. The van der Waals surface area contributed by atoms with E-state index in [9.17, 15) is 9.59 Å². The fourth-order valence-corrected chi connectivity index (χ4v) is 6.98. The van der Waals surface area contributed by atoms with Gasteiger partial charge in [-0.05, 0) is 56.2 Å². The van der Waals surface area contributed by atoms with Gasteiger partial charge in [-0.25, -0.2) is 4.98 Å². The van der Waals surface area contributed by atoms with Crippen molar-refractivity contribution in [3.05, 3.63) is 44.8 Å². The molecule has 1 saturated carbocycles. The maximum Gasteiger partial charge on any atom is 0.263 e. The molecule has 5 nitrogen and oxygen atoms in total. The molecule has 0 radical (unpaired) electrons. The third-order valence-corrected chi connectivity index (χ3v) is 8.38. The van der Waals surface area contributed by atoms with Gasteiger partial charge in [-0.1, -0.05) is 24.6 Å². The van der Waals surface area contributed by atoms with Crippen molar-refractivity contribution in [1.82, 2.24) is 14.1 Å². The van der Waals surface area contributed by atoms with E-state index >= 15 is 0 Å². The van der Waals surface area contributed by atoms with Crippen molar-refractivity contribution in [2.45, 2.75) is 62.6 Å². The lowest BCUT2D eigenvalue weighted by molar-refractivity contribution is 0.101. The SMILES string of the molecule is Cn1cccc1C(=O)CSc1nc2sc3c(c2c(=O)n1C1CCCC1)CCCC3. The molecule has 5 rings (SSSR count). The van der Waals surface area contributed by atoms with E-state index in [1.807, 2.05) is 34.5 Å². The van der Waals surface area contributed by atoms with Gasteiger partial charge < -0.3 is 4.57 Å². The summed E-state index contributed by atoms with van der Waals surface area (Å²) in [5.41, 5.74) is 2.06. The molecule has 0 bridgehead atoms. The minimum absolute atomic E-state index is 0.0697. The molecule has 0 spiro atoms. The average molecular weight is 428 g/mol. The van der Waals surface area contributed by atoms with Crippen LogP contribution in [-0.2, 0) is 19.9 Å². The molecule has 2 aliphatic carbocycles. The van der Waals surface area contributed by atoms with Crippen molar-refractivity contribution >= 4 is 39.1 Å². The summed E-state index contributed by atoms with van der Waals surface area (Å²) < 4.78 is 3.77. The number of hydrogen-bond donors (Lipinski definition) is 0. The first-order valence-electron chi connectivity index (χ1n) is 10.5. The number of carbonyl (C=O) groups excluding carboxylic acids is 1. The normalized spacial score (nSPS) is 17.1. The van der Waals surface area contributed by atoms with Crippen LogP contribution in [0.25, 0.3) is 10.2 Å². The Balaban J connectivity index is 1.56. The van der Waals surface area contributed by atoms with Crippen LogP contribution < -0.4 is 5.56 Å². The largest absolute Gasteiger partial charge is 0.348 e. The Labute approximate surface area is 178 Å². The first-order valence-corrected chi connectivity index (χ1v) is 12.3. The second-order valence-corrected chi connectivity index (χ2v) is 10.1. The Bertz CT molecular complexity index is 1140. The topological polar surface area (TPSA) is 56.9 Å². The van der Waals surface area contributed by atoms with E-state index in [1.165, 1.54) is 28.6 Å². The van der Waals surface area contributed by atoms with Crippen LogP contribution in [0.5, 0.6) is 0 Å². The average Bonchev–Trinajstić information content (AvgIpc) is 3.45. The Morgan fingerprint density at radius 2 is 2.03 bits per heavy atom. The van der Waals surface area contributed by atoms with Crippen molar-refractivity contribution in [3.63, 3.8) is 0 Å². The van der Waals surface area contributed by atoms with E-state index in [0.29, 0.717) is 11.4 Å². The first-order chi connectivity index (χ1) is 14.1. The third-order valence-electron chi connectivity index (χ3n) is 6.24. The zero-order chi connectivity index (χ0) is 20.0. The molecule has 0 atom stereocenters. The lowest BCUT2D eigenvalue weighted by atomic mass is 9.97. The van der Waals surface area contributed by atoms with Crippen LogP contribution in [0.1, 0.15) is 65.5 Å². The number of fused-ring (bicyclic) bond motifs is 3. The van der Waals surface area contributed by atoms with E-state index in [2.05, 4.69) is 0 Å². The van der Waals surface area contributed by atoms with Crippen molar-refractivity contribution < 1.29 is 4.79 Å². The molecule has 7 heteroatoms. The van der Waals surface area contributed by atoms with E-state index in [0.717, 1.165) is 60.3 Å². The van der Waals surface area contributed by atoms with Crippen LogP contribution >= 0.6 is 23.1 Å². The van der Waals surface area contributed by atoms with Gasteiger partial charge in [0.15, 0.2) is 10.9 Å². The van der Waals surface area contributed by atoms with E-state index in [1.54, 1.807) is 11.3 Å². The summed E-state index contributed by atoms with van der Waals surface area (Å²) in [5.74, 6) is 0.369. The van der Waals surface area contributed by atoms with Crippen molar-refractivity contribution in [2.24, 2.45) is 7.05 Å². The minimum Gasteiger partial charge on any atom is -0.348 e. The molecule has 152 valence electrons. The zero-order valence-corrected chi connectivity index (χ0v) is 18.3. The number of rotatable bonds is 5. The molecule has 2 aliphatic rings. The van der Waals surface area contributed by atoms with Gasteiger partial charge in [-0.3, -0.25) is 14.2 Å². The number of hydrogen-bond acceptors (Lipinski definition) is 5. The highest BCUT2D eigenvalue weighted by molar-refractivity contribution is 7.99. The Kier molecular flexibility index (Phi) is 5.12. The molecule has 0 N–H and O–H groups in total. The Morgan fingerprint density at radius 3 is 2.79 bits per heavy atom. The highest BCUT2D eigenvalue weighted by Gasteiger charge is 2.27. The fourth-order valence-electron chi connectivity index (χ4n) is 4.74. The summed E-state index contributed by atoms with van der Waals surface area (Å²) in [6.45, 7) is 0. The standard InChI is InChI=1S/C22H25N3O2S2/c1-24-12-6-10-16(24)17(26)13-28-22-23-20-19(15-9-4-5-11-18(15)29-20)21(27)25(22)14-7-2-3-8-14/h6,10,12,14H,2-5,7-9,11,13H2,1H3. The van der Waals surface area contributed by atoms with Gasteiger partial charge >= 0.3 is 0 Å². The summed E-state index contributed by atoms with van der Waals surface area (Å²) in [4.78, 5) is 33.5. The lowest BCUT2D eigenvalue weighted by Crippen LogP contribution is -2.27. The maximum atomic E-state index is 13.6. The summed E-state index contributed by atoms with van der Waals surface area (Å²) in [7, 11) is 1.88. The smallest absolute Gasteiger partial charge is 0.263 e. The molecule has 29 heavy (non-hydrogen) atoms. The molecule has 0 saturated heterocycles. The highest BCUT2D eigenvalue weighted by atomic mass is 32.2. The zero-order valence-electron chi connectivity index (χ0n) is 16.6. The van der Waals surface area contributed by atoms with E-state index in [-0.39, 0.29) is 17.4 Å². The van der Waals surface area contributed by atoms with Crippen molar-refractivity contribution in [3.8, 4) is 0 Å². The second-order valence-electron chi connectivity index (χ2n) is 8.12. The van der Waals surface area contributed by atoms with E-state index < -0.39 is 0 Å². The van der Waals surface area contributed by atoms with Gasteiger partial charge in [0.25, 0.3) is 5.56 Å². The van der Waals surface area contributed by atoms with Crippen LogP contribution in [0.3, 0.4) is 0 Å². The molecule has 0 amide bonds. The van der Waals surface area contributed by atoms with Gasteiger partial charge in [0, 0.05) is 24.2 Å². The van der Waals surface area contributed by atoms with Crippen LogP contribution in [0, 0.1) is 0 Å². The number of ketones is 1. The monoisotopic (exact) mass is 427 g/mol. The molecule has 0 aliphatic heterocycles. The number of aromatic nitrogens is 3. The number of thiophene rings is 1. The highest BCUT2D eigenvalue weighted by Crippen LogP contribution is 2.37. The van der Waals surface area contributed by atoms with Gasteiger partial charge in [-0.15, -0.1) is 11.3 Å². The minimum atomic E-state index is 0.0697. The molecular weight excluding hydrogens is 402 g/mol. The number of nitrogens with zero attached hydrogens (tertiary/aromatic N) is 3. The molecular formula is C22H25N3O2S2. The van der Waals surface area contributed by atoms with Crippen molar-refractivity contribution in [2.75, 3.05) is 5.75 Å². The summed E-state index contributed by atoms with van der Waals surface area (Å²) >= 11 is 3.11. The Morgan fingerprint density at radius 1 is 1.24 bits per heavy atom. The number of thioether (sulfide) groups is 1. The van der Waals surface area contributed by atoms with Gasteiger partial charge in [0.1, 0.15) is 4.83 Å². The van der Waals surface area contributed by atoms with E-state index in [4.69, 9.17) is 4.98 Å². The predicted molar refractivity (Wildman–Crippen MR) is 118 cm³/mol. The molecule has 1 fully saturated rings. The number of aryl methyl sites for hydroxylation is 3. The summed E-state index contributed by atoms with van der Waals surface area (Å²) in [5, 5.41) is 1.57. The van der Waals surface area contributed by atoms with Gasteiger partial charge in [0.05, 0.1) is 16.8 Å². The molecule has 0 unspecified atom stereocenters. The predicted octanol–water partition coefficient (Wildman–Crippen LogP) is 4.77. The van der Waals surface area contributed by atoms with Gasteiger partial charge in [0.2, 0.25) is 0 Å². The molecule has 3 aromatic rings. The third kappa shape index (κ3) is 3.38. The quantitative estimate of drug-likeness (QED) is 0.334. The number of Topliss-reactive ketones (excluding diaryl/α,β-unsaturated/α-hetero) is 1. The van der Waals surface area contributed by atoms with Gasteiger partial charge in [-0.2, -0.15) is 0 Å². The first kappa shape index (κ1) is 19.1. The van der Waals surface area contributed by atoms with Crippen LogP contribution in [0.2, 0.25) is 0 Å². The lowest BCUT2D eigenvalue weighted by Gasteiger charge is -2.18. The molecule has 3 heterocycles. The van der Waals surface area contributed by atoms with Crippen LogP contribution in [-0.4, -0.2) is 25.7 Å². The number of carbonyl (C=O) groups is 1. The van der Waals surface area contributed by atoms with Crippen LogP contribution in [0.4, 0.5) is 0 Å².